The molecule has 128 valence electrons. The maximum absolute atomic E-state index is 5.43. The number of aromatic nitrogens is 1. The number of hydrogen-bond donors (Lipinski definition) is 2. The van der Waals surface area contributed by atoms with E-state index in [1.165, 1.54) is 0 Å². The maximum atomic E-state index is 5.43. The Morgan fingerprint density at radius 1 is 1.21 bits per heavy atom. The molecule has 0 aliphatic carbocycles. The fourth-order valence-electron chi connectivity index (χ4n) is 2.41. The molecular formula is C18H23N3O2S. The van der Waals surface area contributed by atoms with Crippen molar-refractivity contribution in [2.75, 3.05) is 19.5 Å². The third-order valence-electron chi connectivity index (χ3n) is 3.76. The zero-order chi connectivity index (χ0) is 17.5. The lowest BCUT2D eigenvalue weighted by atomic mass is 10.0. The first kappa shape index (κ1) is 18.0. The first-order chi connectivity index (χ1) is 11.6. The summed E-state index contributed by atoms with van der Waals surface area (Å²) in [5.74, 6) is 2.17. The fraction of sp³-hybridized carbons (Fsp3) is 0.333. The summed E-state index contributed by atoms with van der Waals surface area (Å²) in [5.41, 5.74) is 2.12. The Labute approximate surface area is 148 Å². The van der Waals surface area contributed by atoms with Crippen LogP contribution in [0.4, 0.5) is 5.82 Å². The van der Waals surface area contributed by atoms with Gasteiger partial charge in [-0.1, -0.05) is 19.1 Å². The molecule has 1 atom stereocenters. The quantitative estimate of drug-likeness (QED) is 0.776. The van der Waals surface area contributed by atoms with Crippen LogP contribution in [0.3, 0.4) is 0 Å². The minimum absolute atomic E-state index is 0.0637. The van der Waals surface area contributed by atoms with Gasteiger partial charge in [-0.05, 0) is 54.9 Å². The molecule has 0 aliphatic heterocycles. The number of rotatable bonds is 6. The molecule has 5 nitrogen and oxygen atoms in total. The molecular weight excluding hydrogens is 322 g/mol. The van der Waals surface area contributed by atoms with Crippen molar-refractivity contribution in [2.45, 2.75) is 26.3 Å². The number of methoxy groups -OCH3 is 2. The summed E-state index contributed by atoms with van der Waals surface area (Å²) in [7, 11) is 3.26. The van der Waals surface area contributed by atoms with Crippen molar-refractivity contribution < 1.29 is 9.47 Å². The van der Waals surface area contributed by atoms with E-state index < -0.39 is 0 Å². The number of anilines is 1. The van der Waals surface area contributed by atoms with Crippen LogP contribution in [0.1, 0.15) is 30.5 Å². The van der Waals surface area contributed by atoms with Gasteiger partial charge in [0.2, 0.25) is 0 Å². The van der Waals surface area contributed by atoms with Gasteiger partial charge in [-0.15, -0.1) is 0 Å². The topological polar surface area (TPSA) is 55.4 Å². The summed E-state index contributed by atoms with van der Waals surface area (Å²) in [5, 5.41) is 7.02. The van der Waals surface area contributed by atoms with E-state index in [9.17, 15) is 0 Å². The van der Waals surface area contributed by atoms with Gasteiger partial charge in [0.15, 0.2) is 16.6 Å². The van der Waals surface area contributed by atoms with E-state index in [-0.39, 0.29) is 6.04 Å². The van der Waals surface area contributed by atoms with Gasteiger partial charge in [-0.3, -0.25) is 0 Å². The highest BCUT2D eigenvalue weighted by molar-refractivity contribution is 7.80. The molecule has 0 saturated carbocycles. The Morgan fingerprint density at radius 2 is 1.96 bits per heavy atom. The molecule has 0 bridgehead atoms. The lowest BCUT2D eigenvalue weighted by Crippen LogP contribution is -2.32. The van der Waals surface area contributed by atoms with Crippen LogP contribution in [0.5, 0.6) is 11.5 Å². The van der Waals surface area contributed by atoms with E-state index in [0.717, 1.165) is 23.4 Å². The van der Waals surface area contributed by atoms with Gasteiger partial charge >= 0.3 is 0 Å². The number of nitrogens with zero attached hydrogens (tertiary/aromatic N) is 1. The van der Waals surface area contributed by atoms with Crippen LogP contribution in [-0.2, 0) is 0 Å². The molecule has 2 aromatic rings. The van der Waals surface area contributed by atoms with Crippen molar-refractivity contribution >= 4 is 23.1 Å². The molecule has 1 heterocycles. The van der Waals surface area contributed by atoms with Crippen LogP contribution >= 0.6 is 12.2 Å². The molecule has 0 aliphatic rings. The van der Waals surface area contributed by atoms with Crippen molar-refractivity contribution in [3.63, 3.8) is 0 Å². The standard InChI is InChI=1S/C18H23N3O2S/c1-5-14(13-8-9-15(22-3)16(11-13)23-4)20-18(24)21-17-12(2)7-6-10-19-17/h6-11,14H,5H2,1-4H3,(H2,19,20,21,24). The third kappa shape index (κ3) is 4.35. The lowest BCUT2D eigenvalue weighted by molar-refractivity contribution is 0.354. The molecule has 0 radical (unpaired) electrons. The minimum Gasteiger partial charge on any atom is -0.493 e. The number of aryl methyl sites for hydroxylation is 1. The van der Waals surface area contributed by atoms with Gasteiger partial charge in [0, 0.05) is 6.20 Å². The third-order valence-corrected chi connectivity index (χ3v) is 3.98. The van der Waals surface area contributed by atoms with Crippen molar-refractivity contribution in [2.24, 2.45) is 0 Å². The van der Waals surface area contributed by atoms with Gasteiger partial charge in [0.05, 0.1) is 20.3 Å². The zero-order valence-corrected chi connectivity index (χ0v) is 15.2. The highest BCUT2D eigenvalue weighted by Crippen LogP contribution is 2.30. The highest BCUT2D eigenvalue weighted by Gasteiger charge is 2.14. The number of pyridine rings is 1. The fourth-order valence-corrected chi connectivity index (χ4v) is 2.65. The largest absolute Gasteiger partial charge is 0.493 e. The van der Waals surface area contributed by atoms with Gasteiger partial charge in [-0.25, -0.2) is 4.98 Å². The van der Waals surface area contributed by atoms with Crippen LogP contribution in [0.25, 0.3) is 0 Å². The summed E-state index contributed by atoms with van der Waals surface area (Å²) in [4.78, 5) is 4.30. The number of hydrogen-bond acceptors (Lipinski definition) is 4. The molecule has 2 N–H and O–H groups in total. The Hall–Kier alpha value is -2.34. The molecule has 0 saturated heterocycles. The van der Waals surface area contributed by atoms with Crippen molar-refractivity contribution in [1.29, 1.82) is 0 Å². The number of benzene rings is 1. The minimum atomic E-state index is 0.0637. The molecule has 1 aromatic heterocycles. The molecule has 0 spiro atoms. The molecule has 24 heavy (non-hydrogen) atoms. The van der Waals surface area contributed by atoms with Gasteiger partial charge in [0.25, 0.3) is 0 Å². The van der Waals surface area contributed by atoms with E-state index in [2.05, 4.69) is 22.5 Å². The Kier molecular flexibility index (Phi) is 6.37. The molecule has 2 rings (SSSR count). The highest BCUT2D eigenvalue weighted by atomic mass is 32.1. The van der Waals surface area contributed by atoms with Crippen molar-refractivity contribution in [1.82, 2.24) is 10.3 Å². The summed E-state index contributed by atoms with van der Waals surface area (Å²) >= 11 is 5.43. The van der Waals surface area contributed by atoms with Gasteiger partial charge in [-0.2, -0.15) is 0 Å². The first-order valence-electron chi connectivity index (χ1n) is 7.80. The molecule has 6 heteroatoms. The number of ether oxygens (including phenoxy) is 2. The van der Waals surface area contributed by atoms with Crippen LogP contribution < -0.4 is 20.1 Å². The van der Waals surface area contributed by atoms with Crippen molar-refractivity contribution in [3.05, 3.63) is 47.7 Å². The second kappa shape index (κ2) is 8.49. The zero-order valence-electron chi connectivity index (χ0n) is 14.4. The Bertz CT molecular complexity index is 706. The average molecular weight is 345 g/mol. The Morgan fingerprint density at radius 3 is 2.58 bits per heavy atom. The normalized spacial score (nSPS) is 11.5. The van der Waals surface area contributed by atoms with E-state index >= 15 is 0 Å². The second-order valence-electron chi connectivity index (χ2n) is 5.34. The number of nitrogens with one attached hydrogen (secondary N) is 2. The van der Waals surface area contributed by atoms with Crippen LogP contribution in [0, 0.1) is 6.92 Å². The molecule has 0 amide bonds. The van der Waals surface area contributed by atoms with E-state index in [1.807, 2.05) is 37.3 Å². The van der Waals surface area contributed by atoms with Crippen molar-refractivity contribution in [3.8, 4) is 11.5 Å². The molecule has 0 fully saturated rings. The van der Waals surface area contributed by atoms with E-state index in [4.69, 9.17) is 21.7 Å². The summed E-state index contributed by atoms with van der Waals surface area (Å²) < 4.78 is 10.7. The summed E-state index contributed by atoms with van der Waals surface area (Å²) in [6.45, 7) is 4.09. The predicted octanol–water partition coefficient (Wildman–Crippen LogP) is 3.84. The monoisotopic (exact) mass is 345 g/mol. The summed E-state index contributed by atoms with van der Waals surface area (Å²) in [6, 6.07) is 9.83. The van der Waals surface area contributed by atoms with Crippen LogP contribution in [0.15, 0.2) is 36.5 Å². The van der Waals surface area contributed by atoms with Crippen LogP contribution in [0.2, 0.25) is 0 Å². The average Bonchev–Trinajstić information content (AvgIpc) is 2.61. The predicted molar refractivity (Wildman–Crippen MR) is 101 cm³/mol. The van der Waals surface area contributed by atoms with Gasteiger partial charge in [0.1, 0.15) is 5.82 Å². The number of thiocarbonyl (C=S) groups is 1. The smallest absolute Gasteiger partial charge is 0.172 e. The Balaban J connectivity index is 2.11. The van der Waals surface area contributed by atoms with Crippen LogP contribution in [-0.4, -0.2) is 24.3 Å². The summed E-state index contributed by atoms with van der Waals surface area (Å²) in [6.07, 6.45) is 2.61. The van der Waals surface area contributed by atoms with E-state index in [1.54, 1.807) is 20.4 Å². The molecule has 1 unspecified atom stereocenters. The lowest BCUT2D eigenvalue weighted by Gasteiger charge is -2.21. The first-order valence-corrected chi connectivity index (χ1v) is 8.21. The SMILES string of the molecule is CCC(NC(=S)Nc1ncccc1C)c1ccc(OC)c(OC)c1. The van der Waals surface area contributed by atoms with Gasteiger partial charge < -0.3 is 20.1 Å². The second-order valence-corrected chi connectivity index (χ2v) is 5.75. The van der Waals surface area contributed by atoms with E-state index in [0.29, 0.717) is 16.6 Å². The maximum Gasteiger partial charge on any atom is 0.172 e. The molecule has 1 aromatic carbocycles.